The lowest BCUT2D eigenvalue weighted by Crippen LogP contribution is -2.51. The maximum atomic E-state index is 11.8. The van der Waals surface area contributed by atoms with E-state index in [9.17, 15) is 14.4 Å². The van der Waals surface area contributed by atoms with Gasteiger partial charge in [0.1, 0.15) is 6.04 Å². The molecule has 0 aromatic heterocycles. The molecule has 0 spiro atoms. The Balaban J connectivity index is 2.46. The van der Waals surface area contributed by atoms with Crippen molar-refractivity contribution in [3.8, 4) is 0 Å². The largest absolute Gasteiger partial charge is 0.452 e. The van der Waals surface area contributed by atoms with Crippen LogP contribution in [0.3, 0.4) is 0 Å². The molecule has 0 saturated heterocycles. The number of nitrogens with one attached hydrogen (secondary N) is 3. The first-order valence-corrected chi connectivity index (χ1v) is 5.54. The summed E-state index contributed by atoms with van der Waals surface area (Å²) in [5, 5.41) is 2.49. The second-order valence-corrected chi connectivity index (χ2v) is 3.67. The molecule has 7 nitrogen and oxygen atoms in total. The van der Waals surface area contributed by atoms with Crippen LogP contribution in [0.4, 0.5) is 4.79 Å². The quantitative estimate of drug-likeness (QED) is 0.680. The Labute approximate surface area is 110 Å². The zero-order chi connectivity index (χ0) is 14.3. The fourth-order valence-electron chi connectivity index (χ4n) is 1.21. The van der Waals surface area contributed by atoms with Crippen molar-refractivity contribution in [2.75, 3.05) is 7.11 Å². The molecule has 1 rings (SSSR count). The van der Waals surface area contributed by atoms with Gasteiger partial charge in [0.05, 0.1) is 7.11 Å². The standard InChI is InChI=1S/C12H15N3O4/c1-8(10(16)14-15-12(18)19-2)13-11(17)9-6-4-3-5-7-9/h3-8H,1-2H3,(H,13,17)(H,14,16)(H,15,18)/t8-/m0/s1. The molecule has 1 atom stereocenters. The number of carbonyl (C=O) groups is 3. The van der Waals surface area contributed by atoms with Crippen LogP contribution in [0.15, 0.2) is 30.3 Å². The van der Waals surface area contributed by atoms with Gasteiger partial charge in [-0.25, -0.2) is 10.2 Å². The van der Waals surface area contributed by atoms with Gasteiger partial charge in [-0.15, -0.1) is 0 Å². The summed E-state index contributed by atoms with van der Waals surface area (Å²) < 4.78 is 4.28. The third kappa shape index (κ3) is 4.66. The molecule has 0 aliphatic heterocycles. The number of benzene rings is 1. The van der Waals surface area contributed by atoms with Gasteiger partial charge in [0.2, 0.25) is 0 Å². The van der Waals surface area contributed by atoms with Gasteiger partial charge in [-0.05, 0) is 19.1 Å². The molecule has 0 bridgehead atoms. The van der Waals surface area contributed by atoms with Gasteiger partial charge >= 0.3 is 6.09 Å². The van der Waals surface area contributed by atoms with Crippen molar-refractivity contribution >= 4 is 17.9 Å². The van der Waals surface area contributed by atoms with Crippen LogP contribution in [-0.2, 0) is 9.53 Å². The second-order valence-electron chi connectivity index (χ2n) is 3.67. The van der Waals surface area contributed by atoms with Gasteiger partial charge in [-0.1, -0.05) is 18.2 Å². The van der Waals surface area contributed by atoms with Crippen LogP contribution in [0.2, 0.25) is 0 Å². The fourth-order valence-corrected chi connectivity index (χ4v) is 1.21. The number of hydrogen-bond donors (Lipinski definition) is 3. The highest BCUT2D eigenvalue weighted by Crippen LogP contribution is 1.98. The fraction of sp³-hybridized carbons (Fsp3) is 0.250. The van der Waals surface area contributed by atoms with Crippen LogP contribution in [0.5, 0.6) is 0 Å². The summed E-state index contributed by atoms with van der Waals surface area (Å²) in [6.07, 6.45) is -0.796. The molecule has 1 aromatic rings. The van der Waals surface area contributed by atoms with Crippen LogP contribution in [0, 0.1) is 0 Å². The molecule has 102 valence electrons. The lowest BCUT2D eigenvalue weighted by Gasteiger charge is -2.14. The van der Waals surface area contributed by atoms with Crippen molar-refractivity contribution in [3.63, 3.8) is 0 Å². The molecule has 0 radical (unpaired) electrons. The van der Waals surface area contributed by atoms with Crippen molar-refractivity contribution in [2.45, 2.75) is 13.0 Å². The molecule has 19 heavy (non-hydrogen) atoms. The van der Waals surface area contributed by atoms with E-state index in [2.05, 4.69) is 15.5 Å². The van der Waals surface area contributed by atoms with E-state index < -0.39 is 18.0 Å². The predicted octanol–water partition coefficient (Wildman–Crippen LogP) is 0.192. The highest BCUT2D eigenvalue weighted by atomic mass is 16.5. The van der Waals surface area contributed by atoms with Crippen molar-refractivity contribution in [1.82, 2.24) is 16.2 Å². The van der Waals surface area contributed by atoms with Gasteiger partial charge in [0.15, 0.2) is 0 Å². The van der Waals surface area contributed by atoms with Crippen LogP contribution >= 0.6 is 0 Å². The summed E-state index contributed by atoms with van der Waals surface area (Å²) in [6, 6.07) is 7.69. The summed E-state index contributed by atoms with van der Waals surface area (Å²) in [7, 11) is 1.17. The molecule has 3 N–H and O–H groups in total. The molecular formula is C12H15N3O4. The number of hydrogen-bond acceptors (Lipinski definition) is 4. The van der Waals surface area contributed by atoms with Crippen molar-refractivity contribution < 1.29 is 19.1 Å². The van der Waals surface area contributed by atoms with Gasteiger partial charge < -0.3 is 10.1 Å². The highest BCUT2D eigenvalue weighted by Gasteiger charge is 2.16. The molecule has 0 heterocycles. The predicted molar refractivity (Wildman–Crippen MR) is 67.1 cm³/mol. The number of rotatable bonds is 3. The summed E-state index contributed by atoms with van der Waals surface area (Å²) in [5.74, 6) is -0.934. The number of ether oxygens (including phenoxy) is 1. The zero-order valence-electron chi connectivity index (χ0n) is 10.6. The lowest BCUT2D eigenvalue weighted by atomic mass is 10.2. The Morgan fingerprint density at radius 2 is 1.74 bits per heavy atom. The van der Waals surface area contributed by atoms with Crippen LogP contribution in [0.1, 0.15) is 17.3 Å². The highest BCUT2D eigenvalue weighted by molar-refractivity contribution is 5.97. The van der Waals surface area contributed by atoms with Crippen molar-refractivity contribution in [2.24, 2.45) is 0 Å². The van der Waals surface area contributed by atoms with Gasteiger partial charge in [0, 0.05) is 5.56 Å². The Morgan fingerprint density at radius 1 is 1.11 bits per heavy atom. The molecule has 7 heteroatoms. The van der Waals surface area contributed by atoms with Crippen LogP contribution < -0.4 is 16.2 Å². The third-order valence-electron chi connectivity index (χ3n) is 2.25. The second kappa shape index (κ2) is 7.00. The molecule has 0 fully saturated rings. The van der Waals surface area contributed by atoms with Crippen LogP contribution in [-0.4, -0.2) is 31.1 Å². The van der Waals surface area contributed by atoms with E-state index in [0.717, 1.165) is 0 Å². The van der Waals surface area contributed by atoms with E-state index in [4.69, 9.17) is 0 Å². The van der Waals surface area contributed by atoms with Crippen LogP contribution in [0.25, 0.3) is 0 Å². The first-order valence-electron chi connectivity index (χ1n) is 5.54. The SMILES string of the molecule is COC(=O)NNC(=O)[C@H](C)NC(=O)c1ccccc1. The van der Waals surface area contributed by atoms with Crippen molar-refractivity contribution in [3.05, 3.63) is 35.9 Å². The maximum Gasteiger partial charge on any atom is 0.425 e. The smallest absolute Gasteiger partial charge is 0.425 e. The zero-order valence-corrected chi connectivity index (χ0v) is 10.6. The summed E-state index contributed by atoms with van der Waals surface area (Å²) in [6.45, 7) is 1.50. The van der Waals surface area contributed by atoms with E-state index in [1.807, 2.05) is 5.43 Å². The normalized spacial score (nSPS) is 11.1. The Morgan fingerprint density at radius 3 is 2.32 bits per heavy atom. The Kier molecular flexibility index (Phi) is 5.34. The van der Waals surface area contributed by atoms with E-state index >= 15 is 0 Å². The van der Waals surface area contributed by atoms with E-state index in [1.165, 1.54) is 14.0 Å². The lowest BCUT2D eigenvalue weighted by molar-refractivity contribution is -0.123. The minimum absolute atomic E-state index is 0.374. The molecule has 3 amide bonds. The first kappa shape index (κ1) is 14.5. The molecular weight excluding hydrogens is 250 g/mol. The Hall–Kier alpha value is -2.57. The molecule has 1 aromatic carbocycles. The average Bonchev–Trinajstić information content (AvgIpc) is 2.44. The molecule has 0 saturated carbocycles. The van der Waals surface area contributed by atoms with E-state index in [1.54, 1.807) is 30.3 Å². The first-order chi connectivity index (χ1) is 9.04. The minimum atomic E-state index is -0.801. The number of amides is 3. The van der Waals surface area contributed by atoms with Gasteiger partial charge in [0.25, 0.3) is 11.8 Å². The average molecular weight is 265 g/mol. The number of methoxy groups -OCH3 is 1. The molecule has 0 aliphatic rings. The van der Waals surface area contributed by atoms with Gasteiger partial charge in [-0.2, -0.15) is 0 Å². The monoisotopic (exact) mass is 265 g/mol. The summed E-state index contributed by atoms with van der Waals surface area (Å²) in [5.41, 5.74) is 4.57. The minimum Gasteiger partial charge on any atom is -0.452 e. The maximum absolute atomic E-state index is 11.8. The molecule has 0 aliphatic carbocycles. The van der Waals surface area contributed by atoms with Crippen molar-refractivity contribution in [1.29, 1.82) is 0 Å². The van der Waals surface area contributed by atoms with E-state index in [0.29, 0.717) is 5.56 Å². The van der Waals surface area contributed by atoms with Gasteiger partial charge in [-0.3, -0.25) is 15.0 Å². The summed E-state index contributed by atoms with van der Waals surface area (Å²) in [4.78, 5) is 34.0. The number of hydrazine groups is 1. The topological polar surface area (TPSA) is 96.5 Å². The van der Waals surface area contributed by atoms with E-state index in [-0.39, 0.29) is 5.91 Å². The number of carbonyl (C=O) groups excluding carboxylic acids is 3. The third-order valence-corrected chi connectivity index (χ3v) is 2.25. The molecule has 0 unspecified atom stereocenters. The summed E-state index contributed by atoms with van der Waals surface area (Å²) >= 11 is 0. The Bertz CT molecular complexity index is 461.